The van der Waals surface area contributed by atoms with Gasteiger partial charge in [-0.15, -0.1) is 11.3 Å². The molecule has 0 N–H and O–H groups in total. The maximum atomic E-state index is 12.4. The highest BCUT2D eigenvalue weighted by Crippen LogP contribution is 2.15. The number of sulfonamides is 1. The summed E-state index contributed by atoms with van der Waals surface area (Å²) in [6.45, 7) is 5.29. The number of hydrogen-bond donors (Lipinski definition) is 0. The first-order valence-corrected chi connectivity index (χ1v) is 10.3. The molecule has 1 fully saturated rings. The van der Waals surface area contributed by atoms with Gasteiger partial charge in [-0.1, -0.05) is 30.3 Å². The molecular formula is C17H21N3O2S2. The molecule has 0 aliphatic carbocycles. The van der Waals surface area contributed by atoms with E-state index in [0.29, 0.717) is 13.1 Å². The summed E-state index contributed by atoms with van der Waals surface area (Å²) < 4.78 is 26.4. The van der Waals surface area contributed by atoms with Gasteiger partial charge in [0.25, 0.3) is 0 Å². The summed E-state index contributed by atoms with van der Waals surface area (Å²) in [6, 6.07) is 9.48. The Bertz CT molecular complexity index is 792. The number of hydrogen-bond acceptors (Lipinski definition) is 5. The second kappa shape index (κ2) is 7.57. The van der Waals surface area contributed by atoms with Crippen molar-refractivity contribution in [1.82, 2.24) is 14.2 Å². The van der Waals surface area contributed by atoms with Gasteiger partial charge in [-0.3, -0.25) is 4.90 Å². The summed E-state index contributed by atoms with van der Waals surface area (Å²) in [6.07, 6.45) is 1.65. The molecule has 0 amide bonds. The zero-order valence-corrected chi connectivity index (χ0v) is 15.3. The van der Waals surface area contributed by atoms with Crippen LogP contribution in [-0.4, -0.2) is 48.8 Å². The van der Waals surface area contributed by atoms with Gasteiger partial charge in [-0.05, 0) is 18.6 Å². The zero-order valence-electron chi connectivity index (χ0n) is 13.6. The largest absolute Gasteiger partial charge is 0.295 e. The number of nitrogens with zero attached hydrogens (tertiary/aromatic N) is 3. The molecule has 0 spiro atoms. The van der Waals surface area contributed by atoms with Crippen molar-refractivity contribution >= 4 is 27.4 Å². The average Bonchev–Trinajstić information content (AvgIpc) is 2.99. The second-order valence-electron chi connectivity index (χ2n) is 5.79. The summed E-state index contributed by atoms with van der Waals surface area (Å²) in [5.74, 6) is 0. The van der Waals surface area contributed by atoms with Gasteiger partial charge in [0.15, 0.2) is 0 Å². The summed E-state index contributed by atoms with van der Waals surface area (Å²) in [4.78, 5) is 6.72. The van der Waals surface area contributed by atoms with E-state index in [1.165, 1.54) is 5.41 Å². The number of aromatic nitrogens is 1. The Morgan fingerprint density at radius 2 is 1.88 bits per heavy atom. The summed E-state index contributed by atoms with van der Waals surface area (Å²) in [7, 11) is -3.36. The molecule has 0 radical (unpaired) electrons. The first-order chi connectivity index (χ1) is 11.5. The quantitative estimate of drug-likeness (QED) is 0.819. The molecule has 1 aromatic carbocycles. The normalized spacial score (nSPS) is 17.5. The minimum absolute atomic E-state index is 0.518. The van der Waals surface area contributed by atoms with Crippen LogP contribution in [0.2, 0.25) is 0 Å². The van der Waals surface area contributed by atoms with Gasteiger partial charge in [0.05, 0.1) is 10.7 Å². The minimum Gasteiger partial charge on any atom is -0.295 e. The number of rotatable bonds is 5. The van der Waals surface area contributed by atoms with Gasteiger partial charge in [0.1, 0.15) is 0 Å². The van der Waals surface area contributed by atoms with E-state index in [1.54, 1.807) is 21.7 Å². The molecule has 1 aliphatic heterocycles. The number of benzene rings is 1. The highest BCUT2D eigenvalue weighted by molar-refractivity contribution is 7.92. The van der Waals surface area contributed by atoms with E-state index < -0.39 is 10.0 Å². The van der Waals surface area contributed by atoms with Gasteiger partial charge in [0, 0.05) is 43.5 Å². The van der Waals surface area contributed by atoms with Crippen molar-refractivity contribution in [2.24, 2.45) is 0 Å². The second-order valence-corrected chi connectivity index (χ2v) is 8.67. The molecule has 0 atom stereocenters. The minimum atomic E-state index is -3.36. The monoisotopic (exact) mass is 363 g/mol. The van der Waals surface area contributed by atoms with E-state index in [0.717, 1.165) is 35.9 Å². The van der Waals surface area contributed by atoms with Crippen LogP contribution < -0.4 is 0 Å². The number of piperazine rings is 1. The molecule has 2 aromatic rings. The van der Waals surface area contributed by atoms with E-state index in [9.17, 15) is 8.42 Å². The Morgan fingerprint density at radius 1 is 1.17 bits per heavy atom. The van der Waals surface area contributed by atoms with Crippen molar-refractivity contribution < 1.29 is 8.42 Å². The molecule has 128 valence electrons. The van der Waals surface area contributed by atoms with Crippen LogP contribution in [-0.2, 0) is 16.6 Å². The van der Waals surface area contributed by atoms with E-state index in [1.807, 2.05) is 37.3 Å². The van der Waals surface area contributed by atoms with Gasteiger partial charge in [-0.25, -0.2) is 13.4 Å². The van der Waals surface area contributed by atoms with Gasteiger partial charge in [0.2, 0.25) is 10.0 Å². The average molecular weight is 364 g/mol. The molecule has 3 rings (SSSR count). The lowest BCUT2D eigenvalue weighted by Crippen LogP contribution is -2.47. The molecule has 0 unspecified atom stereocenters. The fraction of sp³-hybridized carbons (Fsp3) is 0.353. The predicted molar refractivity (Wildman–Crippen MR) is 98.1 cm³/mol. The maximum absolute atomic E-state index is 12.4. The van der Waals surface area contributed by atoms with Gasteiger partial charge >= 0.3 is 0 Å². The lowest BCUT2D eigenvalue weighted by molar-refractivity contribution is 0.181. The Hall–Kier alpha value is -1.54. The highest BCUT2D eigenvalue weighted by Gasteiger charge is 2.25. The van der Waals surface area contributed by atoms with E-state index in [-0.39, 0.29) is 0 Å². The third kappa shape index (κ3) is 4.51. The fourth-order valence-electron chi connectivity index (χ4n) is 2.67. The SMILES string of the molecule is Cc1nc(CN2CCN(S(=O)(=O)/C=C\c3ccccc3)CC2)cs1. The van der Waals surface area contributed by atoms with Crippen molar-refractivity contribution in [3.05, 3.63) is 57.4 Å². The molecule has 1 aliphatic rings. The molecule has 5 nitrogen and oxygen atoms in total. The van der Waals surface area contributed by atoms with Crippen molar-refractivity contribution in [1.29, 1.82) is 0 Å². The predicted octanol–water partition coefficient (Wildman–Crippen LogP) is 2.57. The van der Waals surface area contributed by atoms with E-state index in [2.05, 4.69) is 15.3 Å². The van der Waals surface area contributed by atoms with Crippen LogP contribution in [0.4, 0.5) is 0 Å². The number of aryl methyl sites for hydroxylation is 1. The molecule has 1 aromatic heterocycles. The van der Waals surface area contributed by atoms with Crippen molar-refractivity contribution in [2.75, 3.05) is 26.2 Å². The summed E-state index contributed by atoms with van der Waals surface area (Å²) >= 11 is 1.65. The fourth-order valence-corrected chi connectivity index (χ4v) is 4.44. The maximum Gasteiger partial charge on any atom is 0.236 e. The lowest BCUT2D eigenvalue weighted by atomic mass is 10.2. The molecule has 1 saturated heterocycles. The third-order valence-electron chi connectivity index (χ3n) is 3.98. The third-order valence-corrected chi connectivity index (χ3v) is 6.36. The molecule has 7 heteroatoms. The van der Waals surface area contributed by atoms with Crippen LogP contribution in [0.5, 0.6) is 0 Å². The van der Waals surface area contributed by atoms with Crippen LogP contribution >= 0.6 is 11.3 Å². The van der Waals surface area contributed by atoms with Crippen LogP contribution in [0.1, 0.15) is 16.3 Å². The zero-order chi connectivity index (χ0) is 17.0. The van der Waals surface area contributed by atoms with E-state index >= 15 is 0 Å². The van der Waals surface area contributed by atoms with Crippen molar-refractivity contribution in [3.63, 3.8) is 0 Å². The standard InChI is InChI=1S/C17H21N3O2S2/c1-15-18-17(14-23-15)13-19-8-10-20(11-9-19)24(21,22)12-7-16-5-3-2-4-6-16/h2-7,12,14H,8-11,13H2,1H3/b12-7-. The first-order valence-electron chi connectivity index (χ1n) is 7.89. The molecule has 0 bridgehead atoms. The first kappa shape index (κ1) is 17.3. The van der Waals surface area contributed by atoms with Gasteiger partial charge in [-0.2, -0.15) is 4.31 Å². The molecule has 24 heavy (non-hydrogen) atoms. The molecule has 2 heterocycles. The Morgan fingerprint density at radius 3 is 2.50 bits per heavy atom. The number of thiazole rings is 1. The van der Waals surface area contributed by atoms with E-state index in [4.69, 9.17) is 0 Å². The molecule has 0 saturated carbocycles. The van der Waals surface area contributed by atoms with Crippen LogP contribution in [0, 0.1) is 6.92 Å². The summed E-state index contributed by atoms with van der Waals surface area (Å²) in [5.41, 5.74) is 1.95. The topological polar surface area (TPSA) is 53.5 Å². The summed E-state index contributed by atoms with van der Waals surface area (Å²) in [5, 5.41) is 4.44. The van der Waals surface area contributed by atoms with Crippen LogP contribution in [0.25, 0.3) is 6.08 Å². The Kier molecular flexibility index (Phi) is 5.45. The smallest absolute Gasteiger partial charge is 0.236 e. The van der Waals surface area contributed by atoms with Crippen LogP contribution in [0.3, 0.4) is 0 Å². The van der Waals surface area contributed by atoms with Crippen molar-refractivity contribution in [2.45, 2.75) is 13.5 Å². The molecular weight excluding hydrogens is 342 g/mol. The van der Waals surface area contributed by atoms with Gasteiger partial charge < -0.3 is 0 Å². The Labute approximate surface area is 147 Å². The van der Waals surface area contributed by atoms with Crippen LogP contribution in [0.15, 0.2) is 41.1 Å². The lowest BCUT2D eigenvalue weighted by Gasteiger charge is -2.32. The van der Waals surface area contributed by atoms with Crippen molar-refractivity contribution in [3.8, 4) is 0 Å². The highest BCUT2D eigenvalue weighted by atomic mass is 32.2. The Balaban J connectivity index is 1.56.